The summed E-state index contributed by atoms with van der Waals surface area (Å²) in [5, 5.41) is 0. The molecule has 0 atom stereocenters. The minimum absolute atomic E-state index is 0.224. The van der Waals surface area contributed by atoms with Crippen molar-refractivity contribution < 1.29 is 13.2 Å². The molecule has 3 rings (SSSR count). The summed E-state index contributed by atoms with van der Waals surface area (Å²) in [7, 11) is -3.54. The van der Waals surface area contributed by atoms with Gasteiger partial charge in [0.15, 0.2) is 0 Å². The minimum atomic E-state index is -3.54. The molecule has 0 aliphatic carbocycles. The fraction of sp³-hybridized carbons (Fsp3) is 0.278. The van der Waals surface area contributed by atoms with Crippen LogP contribution in [-0.2, 0) is 16.4 Å². The fourth-order valence-corrected chi connectivity index (χ4v) is 3.57. The van der Waals surface area contributed by atoms with Crippen molar-refractivity contribution in [2.24, 2.45) is 0 Å². The van der Waals surface area contributed by atoms with E-state index in [1.165, 1.54) is 0 Å². The van der Waals surface area contributed by atoms with E-state index in [0.29, 0.717) is 25.3 Å². The lowest BCUT2D eigenvalue weighted by molar-refractivity contribution is 0.340. The van der Waals surface area contributed by atoms with Gasteiger partial charge in [-0.25, -0.2) is 18.1 Å². The zero-order valence-electron chi connectivity index (χ0n) is 14.3. The molecule has 3 aromatic rings. The van der Waals surface area contributed by atoms with E-state index in [0.717, 1.165) is 16.9 Å². The Bertz CT molecular complexity index is 963. The number of aryl methyl sites for hydroxylation is 1. The summed E-state index contributed by atoms with van der Waals surface area (Å²) in [5.74, 6) is 0.654. The van der Waals surface area contributed by atoms with Crippen LogP contribution in [0.3, 0.4) is 0 Å². The molecule has 25 heavy (non-hydrogen) atoms. The van der Waals surface area contributed by atoms with E-state index in [1.807, 2.05) is 42.8 Å². The molecule has 0 spiro atoms. The largest absolute Gasteiger partial charge is 0.494 e. The number of pyridine rings is 1. The van der Waals surface area contributed by atoms with Crippen molar-refractivity contribution in [3.63, 3.8) is 0 Å². The summed E-state index contributed by atoms with van der Waals surface area (Å²) in [6.07, 6.45) is 4.39. The van der Waals surface area contributed by atoms with Gasteiger partial charge in [-0.2, -0.15) is 0 Å². The Hall–Kier alpha value is -2.38. The Balaban J connectivity index is 1.63. The van der Waals surface area contributed by atoms with Gasteiger partial charge in [0.05, 0.1) is 17.2 Å². The number of sulfonamides is 1. The SMILES string of the molecule is CCOc1ccc(S(=O)(=O)NCCc2cn3ccc(C)cc3n2)cc1. The number of hydrogen-bond acceptors (Lipinski definition) is 4. The Morgan fingerprint density at radius 3 is 2.68 bits per heavy atom. The molecular formula is C18H21N3O3S. The smallest absolute Gasteiger partial charge is 0.240 e. The van der Waals surface area contributed by atoms with Crippen LogP contribution in [0.1, 0.15) is 18.2 Å². The Morgan fingerprint density at radius 1 is 1.20 bits per heavy atom. The second-order valence-electron chi connectivity index (χ2n) is 5.75. The molecule has 132 valence electrons. The van der Waals surface area contributed by atoms with E-state index in [-0.39, 0.29) is 4.90 Å². The van der Waals surface area contributed by atoms with Gasteiger partial charge in [0, 0.05) is 25.4 Å². The summed E-state index contributed by atoms with van der Waals surface area (Å²) in [5.41, 5.74) is 2.85. The average molecular weight is 359 g/mol. The van der Waals surface area contributed by atoms with E-state index in [2.05, 4.69) is 9.71 Å². The molecule has 0 saturated carbocycles. The third-order valence-electron chi connectivity index (χ3n) is 3.78. The molecule has 2 aromatic heterocycles. The van der Waals surface area contributed by atoms with Gasteiger partial charge in [-0.3, -0.25) is 0 Å². The maximum atomic E-state index is 12.3. The standard InChI is InChI=1S/C18H21N3O3S/c1-3-24-16-4-6-17(7-5-16)25(22,23)19-10-8-15-13-21-11-9-14(2)12-18(21)20-15/h4-7,9,11-13,19H,3,8,10H2,1-2H3. The Kier molecular flexibility index (Phi) is 5.06. The van der Waals surface area contributed by atoms with E-state index in [4.69, 9.17) is 4.74 Å². The lowest BCUT2D eigenvalue weighted by Gasteiger charge is -2.07. The highest BCUT2D eigenvalue weighted by Gasteiger charge is 2.13. The first-order chi connectivity index (χ1) is 12.0. The van der Waals surface area contributed by atoms with Crippen LogP contribution in [0.5, 0.6) is 5.75 Å². The maximum absolute atomic E-state index is 12.3. The highest BCUT2D eigenvalue weighted by Crippen LogP contribution is 2.16. The van der Waals surface area contributed by atoms with Crippen molar-refractivity contribution in [1.82, 2.24) is 14.1 Å². The minimum Gasteiger partial charge on any atom is -0.494 e. The van der Waals surface area contributed by atoms with Gasteiger partial charge in [0.25, 0.3) is 0 Å². The molecule has 1 N–H and O–H groups in total. The Labute approximate surface area is 147 Å². The molecule has 0 unspecified atom stereocenters. The van der Waals surface area contributed by atoms with Crippen molar-refractivity contribution in [3.05, 3.63) is 60.0 Å². The second-order valence-corrected chi connectivity index (χ2v) is 7.52. The van der Waals surface area contributed by atoms with Crippen LogP contribution in [0, 0.1) is 6.92 Å². The topological polar surface area (TPSA) is 72.7 Å². The first kappa shape index (κ1) is 17.4. The monoisotopic (exact) mass is 359 g/mol. The number of hydrogen-bond donors (Lipinski definition) is 1. The van der Waals surface area contributed by atoms with Crippen LogP contribution < -0.4 is 9.46 Å². The average Bonchev–Trinajstić information content (AvgIpc) is 2.97. The van der Waals surface area contributed by atoms with Crippen molar-refractivity contribution in [2.45, 2.75) is 25.2 Å². The predicted molar refractivity (Wildman–Crippen MR) is 96.4 cm³/mol. The summed E-state index contributed by atoms with van der Waals surface area (Å²) >= 11 is 0. The van der Waals surface area contributed by atoms with Crippen LogP contribution in [0.25, 0.3) is 5.65 Å². The third-order valence-corrected chi connectivity index (χ3v) is 5.26. The molecule has 0 aliphatic rings. The summed E-state index contributed by atoms with van der Waals surface area (Å²) in [4.78, 5) is 4.73. The molecule has 0 radical (unpaired) electrons. The number of rotatable bonds is 7. The van der Waals surface area contributed by atoms with Crippen molar-refractivity contribution in [2.75, 3.05) is 13.2 Å². The number of nitrogens with zero attached hydrogens (tertiary/aromatic N) is 2. The molecule has 0 saturated heterocycles. The van der Waals surface area contributed by atoms with Crippen LogP contribution in [-0.4, -0.2) is 31.0 Å². The number of benzene rings is 1. The van der Waals surface area contributed by atoms with Crippen LogP contribution in [0.4, 0.5) is 0 Å². The molecule has 0 fully saturated rings. The first-order valence-electron chi connectivity index (χ1n) is 8.15. The van der Waals surface area contributed by atoms with E-state index in [1.54, 1.807) is 24.3 Å². The third kappa shape index (κ3) is 4.18. The molecule has 2 heterocycles. The number of imidazole rings is 1. The highest BCUT2D eigenvalue weighted by atomic mass is 32.2. The normalized spacial score (nSPS) is 11.8. The number of nitrogens with one attached hydrogen (secondary N) is 1. The van der Waals surface area contributed by atoms with E-state index < -0.39 is 10.0 Å². The van der Waals surface area contributed by atoms with Gasteiger partial charge in [-0.15, -0.1) is 0 Å². The first-order valence-corrected chi connectivity index (χ1v) is 9.63. The molecule has 1 aromatic carbocycles. The van der Waals surface area contributed by atoms with E-state index in [9.17, 15) is 8.42 Å². The van der Waals surface area contributed by atoms with Gasteiger partial charge >= 0.3 is 0 Å². The number of ether oxygens (including phenoxy) is 1. The fourth-order valence-electron chi connectivity index (χ4n) is 2.54. The van der Waals surface area contributed by atoms with Crippen molar-refractivity contribution in [1.29, 1.82) is 0 Å². The summed E-state index contributed by atoms with van der Waals surface area (Å²) < 4.78 is 34.5. The van der Waals surface area contributed by atoms with Gasteiger partial charge in [0.1, 0.15) is 11.4 Å². The van der Waals surface area contributed by atoms with Gasteiger partial charge in [0.2, 0.25) is 10.0 Å². The molecular weight excluding hydrogens is 338 g/mol. The quantitative estimate of drug-likeness (QED) is 0.704. The zero-order chi connectivity index (χ0) is 17.9. The Morgan fingerprint density at radius 2 is 1.96 bits per heavy atom. The van der Waals surface area contributed by atoms with Crippen molar-refractivity contribution >= 4 is 15.7 Å². The molecule has 7 heteroatoms. The lowest BCUT2D eigenvalue weighted by atomic mass is 10.3. The molecule has 6 nitrogen and oxygen atoms in total. The number of fused-ring (bicyclic) bond motifs is 1. The van der Waals surface area contributed by atoms with Gasteiger partial charge in [-0.1, -0.05) is 0 Å². The van der Waals surface area contributed by atoms with E-state index >= 15 is 0 Å². The van der Waals surface area contributed by atoms with Crippen LogP contribution in [0.15, 0.2) is 53.7 Å². The molecule has 0 aliphatic heterocycles. The van der Waals surface area contributed by atoms with Crippen LogP contribution in [0.2, 0.25) is 0 Å². The summed E-state index contributed by atoms with van der Waals surface area (Å²) in [6.45, 7) is 4.73. The summed E-state index contributed by atoms with van der Waals surface area (Å²) in [6, 6.07) is 10.4. The van der Waals surface area contributed by atoms with Gasteiger partial charge in [-0.05, 0) is 55.8 Å². The number of aromatic nitrogens is 2. The van der Waals surface area contributed by atoms with Crippen molar-refractivity contribution in [3.8, 4) is 5.75 Å². The maximum Gasteiger partial charge on any atom is 0.240 e. The predicted octanol–water partition coefficient (Wildman–Crippen LogP) is 2.56. The second kappa shape index (κ2) is 7.25. The van der Waals surface area contributed by atoms with Crippen LogP contribution >= 0.6 is 0 Å². The highest BCUT2D eigenvalue weighted by molar-refractivity contribution is 7.89. The lowest BCUT2D eigenvalue weighted by Crippen LogP contribution is -2.26. The van der Waals surface area contributed by atoms with Gasteiger partial charge < -0.3 is 9.14 Å². The zero-order valence-corrected chi connectivity index (χ0v) is 15.1. The molecule has 0 bridgehead atoms. The molecule has 0 amide bonds.